The van der Waals surface area contributed by atoms with E-state index in [-0.39, 0.29) is 16.3 Å². The Balaban J connectivity index is 2.63. The number of aromatic carboxylic acids is 1. The molecule has 18 heavy (non-hydrogen) atoms. The fourth-order valence-electron chi connectivity index (χ4n) is 1.14. The average Bonchev–Trinajstić information content (AvgIpc) is 2.22. The molecule has 0 fully saturated rings. The summed E-state index contributed by atoms with van der Waals surface area (Å²) in [5.74, 6) is -1.44. The fraction of sp³-hybridized carbons (Fsp3) is 0.300. The van der Waals surface area contributed by atoms with Crippen molar-refractivity contribution in [2.75, 3.05) is 13.2 Å². The molecule has 4 nitrogen and oxygen atoms in total. The van der Waals surface area contributed by atoms with Gasteiger partial charge < -0.3 is 9.84 Å². The number of hydrogen-bond acceptors (Lipinski definition) is 3. The highest BCUT2D eigenvalue weighted by Gasteiger charge is 2.28. The van der Waals surface area contributed by atoms with Crippen molar-refractivity contribution < 1.29 is 32.5 Å². The van der Waals surface area contributed by atoms with Crippen LogP contribution in [-0.2, 0) is 4.74 Å². The van der Waals surface area contributed by atoms with Gasteiger partial charge in [0.05, 0.1) is 11.6 Å². The minimum atomic E-state index is -4.74. The van der Waals surface area contributed by atoms with Crippen molar-refractivity contribution in [3.63, 3.8) is 0 Å². The summed E-state index contributed by atoms with van der Waals surface area (Å²) >= 11 is 5.64. The number of halogens is 4. The molecule has 0 spiro atoms. The van der Waals surface area contributed by atoms with Gasteiger partial charge in [0.15, 0.2) is 0 Å². The average molecular weight is 285 g/mol. The van der Waals surface area contributed by atoms with Crippen LogP contribution in [0.5, 0.6) is 5.75 Å². The lowest BCUT2D eigenvalue weighted by atomic mass is 10.2. The van der Waals surface area contributed by atoms with Gasteiger partial charge >= 0.3 is 12.3 Å². The van der Waals surface area contributed by atoms with Gasteiger partial charge in [0.2, 0.25) is 0 Å². The molecule has 0 atom stereocenters. The lowest BCUT2D eigenvalue weighted by Gasteiger charge is -2.11. The summed E-state index contributed by atoms with van der Waals surface area (Å²) < 4.78 is 43.3. The normalized spacial score (nSPS) is 11.3. The number of rotatable bonds is 5. The van der Waals surface area contributed by atoms with Crippen molar-refractivity contribution >= 4 is 17.6 Å². The van der Waals surface area contributed by atoms with E-state index in [1.807, 2.05) is 0 Å². The van der Waals surface area contributed by atoms with Crippen LogP contribution < -0.4 is 4.74 Å². The van der Waals surface area contributed by atoms with Crippen LogP contribution >= 0.6 is 11.6 Å². The first-order valence-corrected chi connectivity index (χ1v) is 5.04. The number of benzene rings is 1. The zero-order chi connectivity index (χ0) is 13.8. The molecule has 0 aliphatic rings. The fourth-order valence-corrected chi connectivity index (χ4v) is 1.39. The van der Waals surface area contributed by atoms with E-state index in [2.05, 4.69) is 4.74 Å². The Hall–Kier alpha value is -1.47. The third-order valence-corrected chi connectivity index (χ3v) is 2.11. The maximum Gasteiger partial charge on any atom is 0.522 e. The van der Waals surface area contributed by atoms with Gasteiger partial charge in [-0.15, -0.1) is 13.2 Å². The van der Waals surface area contributed by atoms with E-state index in [9.17, 15) is 18.0 Å². The molecule has 0 amide bonds. The van der Waals surface area contributed by atoms with Gasteiger partial charge in [-0.25, -0.2) is 4.79 Å². The van der Waals surface area contributed by atoms with Crippen molar-refractivity contribution in [2.24, 2.45) is 0 Å². The predicted octanol–water partition coefficient (Wildman–Crippen LogP) is 2.95. The molecule has 8 heteroatoms. The van der Waals surface area contributed by atoms with Crippen molar-refractivity contribution in [3.05, 3.63) is 28.8 Å². The van der Waals surface area contributed by atoms with Crippen LogP contribution in [0.25, 0.3) is 0 Å². The summed E-state index contributed by atoms with van der Waals surface area (Å²) in [6.07, 6.45) is -4.74. The quantitative estimate of drug-likeness (QED) is 0.845. The molecule has 100 valence electrons. The molecule has 0 heterocycles. The highest BCUT2D eigenvalue weighted by atomic mass is 35.5. The van der Waals surface area contributed by atoms with Crippen LogP contribution in [0.3, 0.4) is 0 Å². The SMILES string of the molecule is O=C(O)c1c(Cl)cccc1OCCOC(F)(F)F. The zero-order valence-corrected chi connectivity index (χ0v) is 9.59. The number of carboxylic acid groups (broad SMARTS) is 1. The molecule has 0 saturated heterocycles. The predicted molar refractivity (Wildman–Crippen MR) is 55.9 cm³/mol. The van der Waals surface area contributed by atoms with Gasteiger partial charge in [-0.2, -0.15) is 0 Å². The topological polar surface area (TPSA) is 55.8 Å². The maximum absolute atomic E-state index is 11.7. The smallest absolute Gasteiger partial charge is 0.490 e. The highest BCUT2D eigenvalue weighted by Crippen LogP contribution is 2.26. The van der Waals surface area contributed by atoms with Gasteiger partial charge in [-0.3, -0.25) is 4.74 Å². The number of carbonyl (C=O) groups is 1. The largest absolute Gasteiger partial charge is 0.522 e. The van der Waals surface area contributed by atoms with E-state index in [0.717, 1.165) is 0 Å². The van der Waals surface area contributed by atoms with Crippen LogP contribution in [0, 0.1) is 0 Å². The summed E-state index contributed by atoms with van der Waals surface area (Å²) in [7, 11) is 0. The Morgan fingerprint density at radius 2 is 2.00 bits per heavy atom. The van der Waals surface area contributed by atoms with Gasteiger partial charge in [0.25, 0.3) is 0 Å². The van der Waals surface area contributed by atoms with E-state index < -0.39 is 25.5 Å². The monoisotopic (exact) mass is 284 g/mol. The Morgan fingerprint density at radius 1 is 1.33 bits per heavy atom. The summed E-state index contributed by atoms with van der Waals surface area (Å²) in [5.41, 5.74) is -0.300. The van der Waals surface area contributed by atoms with Crippen molar-refractivity contribution in [1.29, 1.82) is 0 Å². The third-order valence-electron chi connectivity index (χ3n) is 1.80. The van der Waals surface area contributed by atoms with Crippen LogP contribution in [0.4, 0.5) is 13.2 Å². The molecule has 1 aromatic carbocycles. The van der Waals surface area contributed by atoms with Crippen LogP contribution in [-0.4, -0.2) is 30.7 Å². The Labute approximate surface area is 105 Å². The van der Waals surface area contributed by atoms with Crippen LogP contribution in [0.15, 0.2) is 18.2 Å². The van der Waals surface area contributed by atoms with Gasteiger partial charge in [-0.05, 0) is 12.1 Å². The van der Waals surface area contributed by atoms with E-state index in [0.29, 0.717) is 0 Å². The van der Waals surface area contributed by atoms with E-state index >= 15 is 0 Å². The Bertz CT molecular complexity index is 434. The lowest BCUT2D eigenvalue weighted by molar-refractivity contribution is -0.325. The number of ether oxygens (including phenoxy) is 2. The van der Waals surface area contributed by atoms with E-state index in [1.165, 1.54) is 18.2 Å². The van der Waals surface area contributed by atoms with Crippen molar-refractivity contribution in [1.82, 2.24) is 0 Å². The maximum atomic E-state index is 11.7. The molecule has 1 rings (SSSR count). The summed E-state index contributed by atoms with van der Waals surface area (Å²) in [4.78, 5) is 10.9. The number of carboxylic acids is 1. The minimum absolute atomic E-state index is 0.0586. The molecule has 0 aromatic heterocycles. The standard InChI is InChI=1S/C10H8ClF3O4/c11-6-2-1-3-7(8(6)9(15)16)17-4-5-18-10(12,13)14/h1-3H,4-5H2,(H,15,16). The third kappa shape index (κ3) is 4.42. The second-order valence-electron chi connectivity index (χ2n) is 3.06. The molecular weight excluding hydrogens is 277 g/mol. The number of hydrogen-bond donors (Lipinski definition) is 1. The molecule has 1 N–H and O–H groups in total. The van der Waals surface area contributed by atoms with Crippen LogP contribution in [0.1, 0.15) is 10.4 Å². The first-order valence-electron chi connectivity index (χ1n) is 4.66. The molecule has 0 aliphatic heterocycles. The molecule has 0 bridgehead atoms. The molecule has 1 aromatic rings. The summed E-state index contributed by atoms with van der Waals surface area (Å²) in [5, 5.41) is 8.80. The van der Waals surface area contributed by atoms with E-state index in [1.54, 1.807) is 0 Å². The summed E-state index contributed by atoms with van der Waals surface area (Å²) in [6, 6.07) is 4.06. The molecule has 0 aliphatic carbocycles. The van der Waals surface area contributed by atoms with Gasteiger partial charge in [0, 0.05) is 0 Å². The zero-order valence-electron chi connectivity index (χ0n) is 8.83. The molecule has 0 radical (unpaired) electrons. The molecule has 0 saturated carbocycles. The number of alkyl halides is 3. The summed E-state index contributed by atoms with van der Waals surface area (Å²) in [6.45, 7) is -1.19. The van der Waals surface area contributed by atoms with Crippen LogP contribution in [0.2, 0.25) is 5.02 Å². The van der Waals surface area contributed by atoms with Crippen molar-refractivity contribution in [3.8, 4) is 5.75 Å². The first kappa shape index (κ1) is 14.6. The Morgan fingerprint density at radius 3 is 2.56 bits per heavy atom. The Kier molecular flexibility index (Phi) is 4.80. The second-order valence-corrected chi connectivity index (χ2v) is 3.47. The second kappa shape index (κ2) is 5.92. The minimum Gasteiger partial charge on any atom is -0.490 e. The van der Waals surface area contributed by atoms with E-state index in [4.69, 9.17) is 21.4 Å². The van der Waals surface area contributed by atoms with Crippen molar-refractivity contribution in [2.45, 2.75) is 6.36 Å². The van der Waals surface area contributed by atoms with Gasteiger partial charge in [-0.1, -0.05) is 17.7 Å². The van der Waals surface area contributed by atoms with Gasteiger partial charge in [0.1, 0.15) is 17.9 Å². The highest BCUT2D eigenvalue weighted by molar-refractivity contribution is 6.33. The first-order chi connectivity index (χ1) is 8.31. The lowest BCUT2D eigenvalue weighted by Crippen LogP contribution is -2.18. The molecular formula is C10H8ClF3O4. The molecule has 0 unspecified atom stereocenters.